The zero-order chi connectivity index (χ0) is 21.0. The Labute approximate surface area is 171 Å². The minimum absolute atomic E-state index is 0.0245. The number of ether oxygens (including phenoxy) is 1. The van der Waals surface area contributed by atoms with Crippen LogP contribution < -0.4 is 0 Å². The maximum Gasteiger partial charge on any atom is 0.303 e. The van der Waals surface area contributed by atoms with Crippen molar-refractivity contribution in [1.82, 2.24) is 14.7 Å². The van der Waals surface area contributed by atoms with Crippen LogP contribution >= 0.6 is 0 Å². The number of nitrogens with zero attached hydrogens (tertiary/aromatic N) is 3. The number of carbonyl (C=O) groups is 2. The largest absolute Gasteiger partial charge is 0.481 e. The zero-order valence-electron chi connectivity index (χ0n) is 17.4. The van der Waals surface area contributed by atoms with Gasteiger partial charge in [0.05, 0.1) is 17.5 Å². The van der Waals surface area contributed by atoms with Crippen LogP contribution in [0.15, 0.2) is 24.3 Å². The Morgan fingerprint density at radius 3 is 2.62 bits per heavy atom. The third kappa shape index (κ3) is 4.85. The highest BCUT2D eigenvalue weighted by molar-refractivity contribution is 5.94. The van der Waals surface area contributed by atoms with Gasteiger partial charge < -0.3 is 14.7 Å². The molecule has 0 radical (unpaired) electrons. The van der Waals surface area contributed by atoms with Gasteiger partial charge in [-0.15, -0.1) is 0 Å². The topological polar surface area (TPSA) is 84.7 Å². The van der Waals surface area contributed by atoms with Crippen molar-refractivity contribution in [3.63, 3.8) is 0 Å². The zero-order valence-corrected chi connectivity index (χ0v) is 17.4. The van der Waals surface area contributed by atoms with Gasteiger partial charge in [0.15, 0.2) is 0 Å². The van der Waals surface area contributed by atoms with Crippen molar-refractivity contribution < 1.29 is 19.4 Å². The lowest BCUT2D eigenvalue weighted by Gasteiger charge is -2.32. The summed E-state index contributed by atoms with van der Waals surface area (Å²) in [6.07, 6.45) is 2.62. The summed E-state index contributed by atoms with van der Waals surface area (Å²) in [5.41, 5.74) is 4.23. The Morgan fingerprint density at radius 2 is 1.97 bits per heavy atom. The summed E-state index contributed by atoms with van der Waals surface area (Å²) < 4.78 is 7.51. The van der Waals surface area contributed by atoms with Crippen LogP contribution in [-0.2, 0) is 16.0 Å². The molecule has 2 heterocycles. The molecule has 2 aromatic rings. The van der Waals surface area contributed by atoms with Crippen LogP contribution in [0, 0.1) is 13.8 Å². The van der Waals surface area contributed by atoms with Gasteiger partial charge in [0, 0.05) is 37.4 Å². The average Bonchev–Trinajstić information content (AvgIpc) is 3.00. The van der Waals surface area contributed by atoms with E-state index in [0.29, 0.717) is 25.1 Å². The average molecular weight is 399 g/mol. The number of hydrogen-bond acceptors (Lipinski definition) is 4. The Kier molecular flexibility index (Phi) is 6.69. The van der Waals surface area contributed by atoms with Crippen LogP contribution in [0.1, 0.15) is 53.5 Å². The first-order valence-electron chi connectivity index (χ1n) is 10.2. The minimum atomic E-state index is -0.816. The molecule has 1 fully saturated rings. The Hall–Kier alpha value is -2.67. The van der Waals surface area contributed by atoms with E-state index in [9.17, 15) is 9.59 Å². The molecule has 7 nitrogen and oxygen atoms in total. The molecule has 0 unspecified atom stereocenters. The maximum atomic E-state index is 12.9. The van der Waals surface area contributed by atoms with Crippen molar-refractivity contribution in [2.24, 2.45) is 0 Å². The van der Waals surface area contributed by atoms with E-state index < -0.39 is 5.97 Å². The maximum absolute atomic E-state index is 12.9. The number of benzene rings is 1. The summed E-state index contributed by atoms with van der Waals surface area (Å²) in [7, 11) is 0. The molecule has 0 spiro atoms. The number of hydrogen-bond donors (Lipinski definition) is 1. The molecule has 1 atom stereocenters. The molecule has 156 valence electrons. The van der Waals surface area contributed by atoms with Crippen molar-refractivity contribution in [2.75, 3.05) is 19.7 Å². The molecule has 0 aliphatic carbocycles. The first-order chi connectivity index (χ1) is 13.9. The third-order valence-corrected chi connectivity index (χ3v) is 5.46. The monoisotopic (exact) mass is 399 g/mol. The molecule has 29 heavy (non-hydrogen) atoms. The Balaban J connectivity index is 1.74. The first-order valence-corrected chi connectivity index (χ1v) is 10.2. The van der Waals surface area contributed by atoms with E-state index in [1.807, 2.05) is 54.6 Å². The quantitative estimate of drug-likeness (QED) is 0.773. The highest BCUT2D eigenvalue weighted by atomic mass is 16.5. The van der Waals surface area contributed by atoms with Crippen LogP contribution in [0.25, 0.3) is 5.69 Å². The van der Waals surface area contributed by atoms with Gasteiger partial charge in [-0.05, 0) is 69.9 Å². The van der Waals surface area contributed by atoms with E-state index in [1.54, 1.807) is 0 Å². The van der Waals surface area contributed by atoms with Crippen molar-refractivity contribution in [3.05, 3.63) is 46.8 Å². The molecule has 1 aromatic carbocycles. The minimum Gasteiger partial charge on any atom is -0.481 e. The number of piperidine rings is 1. The lowest BCUT2D eigenvalue weighted by atomic mass is 10.1. The summed E-state index contributed by atoms with van der Waals surface area (Å²) >= 11 is 0. The fraction of sp³-hybridized carbons (Fsp3) is 0.500. The fourth-order valence-corrected chi connectivity index (χ4v) is 3.94. The summed E-state index contributed by atoms with van der Waals surface area (Å²) in [4.78, 5) is 25.6. The van der Waals surface area contributed by atoms with Gasteiger partial charge in [-0.1, -0.05) is 0 Å². The molecule has 1 saturated heterocycles. The smallest absolute Gasteiger partial charge is 0.303 e. The molecule has 0 saturated carbocycles. The number of carboxylic acids is 1. The predicted molar refractivity (Wildman–Crippen MR) is 110 cm³/mol. The van der Waals surface area contributed by atoms with E-state index in [0.717, 1.165) is 42.0 Å². The Bertz CT molecular complexity index is 871. The molecule has 3 rings (SSSR count). The molecule has 1 N–H and O–H groups in total. The molecule has 7 heteroatoms. The number of carboxylic acid groups (broad SMARTS) is 1. The highest BCUT2D eigenvalue weighted by Crippen LogP contribution is 2.21. The highest BCUT2D eigenvalue weighted by Gasteiger charge is 2.24. The number of aromatic nitrogens is 2. The van der Waals surface area contributed by atoms with Gasteiger partial charge in [0.2, 0.25) is 0 Å². The van der Waals surface area contributed by atoms with Crippen LogP contribution in [0.4, 0.5) is 0 Å². The number of likely N-dealkylation sites (tertiary alicyclic amines) is 1. The van der Waals surface area contributed by atoms with Gasteiger partial charge in [-0.3, -0.25) is 9.59 Å². The van der Waals surface area contributed by atoms with Crippen molar-refractivity contribution in [3.8, 4) is 5.69 Å². The molecule has 1 aliphatic rings. The summed E-state index contributed by atoms with van der Waals surface area (Å²) in [5, 5.41) is 13.5. The van der Waals surface area contributed by atoms with Gasteiger partial charge in [0.25, 0.3) is 5.91 Å². The molecule has 1 aromatic heterocycles. The first kappa shape index (κ1) is 21.0. The molecular formula is C22H29N3O4. The van der Waals surface area contributed by atoms with Crippen molar-refractivity contribution in [2.45, 2.75) is 52.6 Å². The van der Waals surface area contributed by atoms with Gasteiger partial charge >= 0.3 is 5.97 Å². The van der Waals surface area contributed by atoms with Gasteiger partial charge in [-0.25, -0.2) is 4.68 Å². The summed E-state index contributed by atoms with van der Waals surface area (Å²) in [5.74, 6) is -0.792. The molecular weight excluding hydrogens is 370 g/mol. The second kappa shape index (κ2) is 9.22. The predicted octanol–water partition coefficient (Wildman–Crippen LogP) is 3.15. The summed E-state index contributed by atoms with van der Waals surface area (Å²) in [6, 6.07) is 7.43. The Morgan fingerprint density at radius 1 is 1.24 bits per heavy atom. The number of carbonyl (C=O) groups excluding carboxylic acids is 1. The number of rotatable bonds is 7. The normalized spacial score (nSPS) is 16.8. The number of aryl methyl sites for hydroxylation is 1. The fourth-order valence-electron chi connectivity index (χ4n) is 3.94. The standard InChI is InChI=1S/C22H29N3O4/c1-4-29-19-6-5-13-24(14-19)22(28)17-7-9-18(10-8-17)25-16(3)20(15(2)23-25)11-12-21(26)27/h7-10,19H,4-6,11-14H2,1-3H3,(H,26,27)/t19-/m1/s1. The SMILES string of the molecule is CCO[C@@H]1CCCN(C(=O)c2ccc(-n3nc(C)c(CCC(=O)O)c3C)cc2)C1. The van der Waals surface area contributed by atoms with Crippen LogP contribution in [-0.4, -0.2) is 57.5 Å². The van der Waals surface area contributed by atoms with Crippen molar-refractivity contribution in [1.29, 1.82) is 0 Å². The second-order valence-corrected chi connectivity index (χ2v) is 7.47. The van der Waals surface area contributed by atoms with E-state index in [-0.39, 0.29) is 18.4 Å². The summed E-state index contributed by atoms with van der Waals surface area (Å²) in [6.45, 7) is 7.87. The van der Waals surface area contributed by atoms with Gasteiger partial charge in [0.1, 0.15) is 0 Å². The third-order valence-electron chi connectivity index (χ3n) is 5.46. The van der Waals surface area contributed by atoms with Crippen LogP contribution in [0.3, 0.4) is 0 Å². The van der Waals surface area contributed by atoms with Crippen LogP contribution in [0.5, 0.6) is 0 Å². The van der Waals surface area contributed by atoms with E-state index in [2.05, 4.69) is 5.10 Å². The second-order valence-electron chi connectivity index (χ2n) is 7.47. The lowest BCUT2D eigenvalue weighted by molar-refractivity contribution is -0.136. The van der Waals surface area contributed by atoms with E-state index >= 15 is 0 Å². The molecule has 0 bridgehead atoms. The van der Waals surface area contributed by atoms with E-state index in [1.165, 1.54) is 0 Å². The van der Waals surface area contributed by atoms with E-state index in [4.69, 9.17) is 9.84 Å². The van der Waals surface area contributed by atoms with Crippen LogP contribution in [0.2, 0.25) is 0 Å². The number of amides is 1. The molecule has 1 aliphatic heterocycles. The van der Waals surface area contributed by atoms with Crippen molar-refractivity contribution >= 4 is 11.9 Å². The lowest BCUT2D eigenvalue weighted by Crippen LogP contribution is -2.43. The van der Waals surface area contributed by atoms with Gasteiger partial charge in [-0.2, -0.15) is 5.10 Å². The molecule has 1 amide bonds. The number of aliphatic carboxylic acids is 1.